The number of phenols is 6. The van der Waals surface area contributed by atoms with Crippen molar-refractivity contribution in [3.63, 3.8) is 0 Å². The zero-order valence-electron chi connectivity index (χ0n) is 48.6. The summed E-state index contributed by atoms with van der Waals surface area (Å²) in [5.74, 6) is -13.3. The third-order valence-electron chi connectivity index (χ3n) is 15.8. The van der Waals surface area contributed by atoms with Gasteiger partial charge in [0.15, 0.2) is 23.0 Å². The Hall–Kier alpha value is -10.5. The molecule has 7 amide bonds. The third-order valence-corrected chi connectivity index (χ3v) is 16.4. The van der Waals surface area contributed by atoms with E-state index in [1.165, 1.54) is 66.7 Å². The molecule has 7 aromatic carbocycles. The van der Waals surface area contributed by atoms with E-state index in [0.29, 0.717) is 24.9 Å². The molecular weight excluding hydrogens is 1240 g/mol. The number of unbranched alkanes of at least 4 members (excludes halogenated alkanes) is 1. The number of hydrogen-bond acceptors (Lipinski definition) is 19. The van der Waals surface area contributed by atoms with E-state index in [1.807, 2.05) is 19.0 Å². The summed E-state index contributed by atoms with van der Waals surface area (Å²) >= 11 is 13.8. The predicted octanol–water partition coefficient (Wildman–Crippen LogP) is 5.36. The van der Waals surface area contributed by atoms with E-state index >= 15 is 19.2 Å². The maximum atomic E-state index is 15.9. The van der Waals surface area contributed by atoms with E-state index in [9.17, 15) is 50.1 Å². The van der Waals surface area contributed by atoms with Crippen molar-refractivity contribution in [1.82, 2.24) is 42.1 Å². The molecule has 0 aliphatic carbocycles. The number of amides is 7. The molecule has 13 rings (SSSR count). The first-order valence-corrected chi connectivity index (χ1v) is 29.4. The van der Waals surface area contributed by atoms with Gasteiger partial charge in [0.2, 0.25) is 47.1 Å². The zero-order valence-corrected chi connectivity index (χ0v) is 50.1. The van der Waals surface area contributed by atoms with Crippen LogP contribution >= 0.6 is 23.2 Å². The summed E-state index contributed by atoms with van der Waals surface area (Å²) in [4.78, 5) is 107. The van der Waals surface area contributed by atoms with Gasteiger partial charge < -0.3 is 97.8 Å². The largest absolute Gasteiger partial charge is 0.508 e. The van der Waals surface area contributed by atoms with Crippen molar-refractivity contribution >= 4 is 64.6 Å². The second-order valence-corrected chi connectivity index (χ2v) is 23.4. The van der Waals surface area contributed by atoms with Gasteiger partial charge in [-0.2, -0.15) is 0 Å². The maximum absolute atomic E-state index is 15.9. The average molecular weight is 1300 g/mol. The van der Waals surface area contributed by atoms with Gasteiger partial charge in [-0.25, -0.2) is 0 Å². The minimum atomic E-state index is -2.15. The van der Waals surface area contributed by atoms with Crippen LogP contribution in [0.5, 0.6) is 69.0 Å². The van der Waals surface area contributed by atoms with Crippen molar-refractivity contribution in [1.29, 1.82) is 0 Å². The molecule has 476 valence electrons. The van der Waals surface area contributed by atoms with Crippen molar-refractivity contribution < 1.29 is 83.5 Å². The maximum Gasteiger partial charge on any atom is 0.248 e. The van der Waals surface area contributed by atoms with Crippen molar-refractivity contribution in [2.75, 3.05) is 27.2 Å². The molecule has 0 saturated carbocycles. The standard InChI is InChI=1S/C64H59Cl2N9O17/c1-75(2)14-4-3-13-68-60(85)54-37-25-34(77)26-43(80)49(37)36-19-29(7-9-41(36)78)51-61(86)74-55(64(89)73-54)56(81)30-8-12-45(39(66)20-30)92-48-23-32-22-47(57(48)82)91-44-11-5-27(15-38(44)65)16-40-58(83)70-52(62(87)72-53(32)63(88)71-51)31-17-33(76)24-35(18-31)90-46-21-28(6-10-42(46)79)50(67)59(84)69-40/h5-12,15,17-26,40,50-56,76-82H,3-4,13-14,16,67H2,1-2H3,(H,68,85)(H,69,84)(H,70,83)(H,71,88)(H,72,87)(H,73,89)(H,74,86)/t40-,50-,51-,52+,53-,54+,55+,56-/m1/s1. The fraction of sp³-hybridized carbons (Fsp3) is 0.234. The van der Waals surface area contributed by atoms with Gasteiger partial charge in [0, 0.05) is 36.2 Å². The summed E-state index contributed by atoms with van der Waals surface area (Å²) in [7, 11) is 3.74. The van der Waals surface area contributed by atoms with Crippen LogP contribution < -0.4 is 57.2 Å². The Morgan fingerprint density at radius 2 is 1.15 bits per heavy atom. The van der Waals surface area contributed by atoms with Gasteiger partial charge in [0.25, 0.3) is 0 Å². The Balaban J connectivity index is 1.11. The topological polar surface area (TPSA) is 402 Å². The van der Waals surface area contributed by atoms with Crippen LogP contribution in [0.1, 0.15) is 88.1 Å². The number of ether oxygens (including phenoxy) is 3. The molecule has 0 unspecified atom stereocenters. The molecule has 0 aromatic heterocycles. The summed E-state index contributed by atoms with van der Waals surface area (Å²) in [6, 6.07) is 9.46. The van der Waals surface area contributed by atoms with Crippen molar-refractivity contribution in [3.8, 4) is 80.1 Å². The summed E-state index contributed by atoms with van der Waals surface area (Å²) in [5, 5.41) is 99.2. The second-order valence-electron chi connectivity index (χ2n) is 22.6. The number of nitrogens with two attached hydrogens (primary N) is 1. The lowest BCUT2D eigenvalue weighted by Crippen LogP contribution is -2.56. The van der Waals surface area contributed by atoms with Crippen LogP contribution in [0.4, 0.5) is 0 Å². The molecule has 7 aromatic rings. The average Bonchev–Trinajstić information content (AvgIpc) is 0.807. The number of aliphatic hydroxyl groups excluding tert-OH is 1. The Kier molecular flexibility index (Phi) is 17.7. The molecule has 17 bridgehead atoms. The Morgan fingerprint density at radius 3 is 1.84 bits per heavy atom. The lowest BCUT2D eigenvalue weighted by molar-refractivity contribution is -0.137. The molecule has 0 spiro atoms. The van der Waals surface area contributed by atoms with E-state index in [-0.39, 0.29) is 90.5 Å². The Bertz CT molecular complexity index is 4190. The number of carbonyl (C=O) groups excluding carboxylic acids is 7. The number of nitrogens with one attached hydrogen (secondary N) is 7. The molecule has 6 aliphatic heterocycles. The van der Waals surface area contributed by atoms with E-state index < -0.39 is 136 Å². The third kappa shape index (κ3) is 13.1. The van der Waals surface area contributed by atoms with Crippen molar-refractivity contribution in [3.05, 3.63) is 164 Å². The van der Waals surface area contributed by atoms with Crippen LogP contribution in [0.25, 0.3) is 11.1 Å². The fourth-order valence-electron chi connectivity index (χ4n) is 11.1. The molecule has 16 N–H and O–H groups in total. The molecule has 28 heteroatoms. The highest BCUT2D eigenvalue weighted by Gasteiger charge is 2.41. The zero-order chi connectivity index (χ0) is 65.6. The smallest absolute Gasteiger partial charge is 0.248 e. The summed E-state index contributed by atoms with van der Waals surface area (Å²) in [6.07, 6.45) is -1.30. The second kappa shape index (κ2) is 25.8. The van der Waals surface area contributed by atoms with Crippen LogP contribution in [0.3, 0.4) is 0 Å². The molecule has 8 atom stereocenters. The van der Waals surface area contributed by atoms with Crippen LogP contribution in [-0.2, 0) is 40.0 Å². The first-order valence-electron chi connectivity index (χ1n) is 28.6. The van der Waals surface area contributed by atoms with Gasteiger partial charge >= 0.3 is 0 Å². The Labute approximate surface area is 532 Å². The van der Waals surface area contributed by atoms with Gasteiger partial charge in [-0.05, 0) is 151 Å². The van der Waals surface area contributed by atoms with Crippen LogP contribution in [0.15, 0.2) is 115 Å². The van der Waals surface area contributed by atoms with Crippen LogP contribution in [0.2, 0.25) is 10.0 Å². The Morgan fingerprint density at radius 1 is 0.554 bits per heavy atom. The number of benzene rings is 7. The fourth-order valence-corrected chi connectivity index (χ4v) is 11.6. The molecule has 26 nitrogen and oxygen atoms in total. The number of aliphatic hydroxyl groups is 1. The predicted molar refractivity (Wildman–Crippen MR) is 328 cm³/mol. The lowest BCUT2D eigenvalue weighted by atomic mass is 9.89. The normalized spacial score (nSPS) is 21.3. The molecule has 0 fully saturated rings. The molecule has 0 saturated heterocycles. The van der Waals surface area contributed by atoms with Gasteiger partial charge in [-0.3, -0.25) is 33.6 Å². The SMILES string of the molecule is CN(C)CCCCNC(=O)[C@H]1NC(=O)[C@H]2NC(=O)[C@H](NC(=O)[C@@H]3NC(=O)[C@H]4NC(=O)[C@@H](Cc5ccc(c(Cl)c5)Oc5cc3cc(c5O)Oc3ccc(cc3Cl)[C@H]2O)NC(=O)[C@H](N)c2ccc(O)c(c2)Oc2cc(O)cc4c2)c2ccc(O)c(c2)-c2c(O)cc(O)cc21. The molecule has 92 heavy (non-hydrogen) atoms. The number of nitrogens with zero attached hydrogens (tertiary/aromatic N) is 1. The van der Waals surface area contributed by atoms with E-state index in [0.717, 1.165) is 48.5 Å². The minimum Gasteiger partial charge on any atom is -0.508 e. The van der Waals surface area contributed by atoms with E-state index in [1.54, 1.807) is 0 Å². The molecule has 6 heterocycles. The number of rotatable bonds is 6. The lowest BCUT2D eigenvalue weighted by Gasteiger charge is -2.31. The van der Waals surface area contributed by atoms with E-state index in [4.69, 9.17) is 43.1 Å². The molecule has 0 radical (unpaired) electrons. The van der Waals surface area contributed by atoms with Crippen molar-refractivity contribution in [2.45, 2.75) is 67.7 Å². The molecule has 6 aliphatic rings. The number of aromatic hydroxyl groups is 6. The summed E-state index contributed by atoms with van der Waals surface area (Å²) < 4.78 is 18.5. The van der Waals surface area contributed by atoms with Gasteiger partial charge in [0.1, 0.15) is 88.6 Å². The summed E-state index contributed by atoms with van der Waals surface area (Å²) in [6.45, 7) is 0.746. The van der Waals surface area contributed by atoms with Gasteiger partial charge in [-0.15, -0.1) is 0 Å². The quantitative estimate of drug-likeness (QED) is 0.0932. The first-order chi connectivity index (χ1) is 43.9. The van der Waals surface area contributed by atoms with Crippen LogP contribution in [0, 0.1) is 0 Å². The van der Waals surface area contributed by atoms with Gasteiger partial charge in [0.05, 0.1) is 10.0 Å². The number of halogens is 2. The number of hydrogen-bond donors (Lipinski definition) is 15. The highest BCUT2D eigenvalue weighted by Crippen LogP contribution is 2.48. The highest BCUT2D eigenvalue weighted by atomic mass is 35.5. The summed E-state index contributed by atoms with van der Waals surface area (Å²) in [5.41, 5.74) is 5.07. The number of carbonyl (C=O) groups is 7. The monoisotopic (exact) mass is 1300 g/mol. The first kappa shape index (κ1) is 63.1. The van der Waals surface area contributed by atoms with Crippen molar-refractivity contribution in [2.24, 2.45) is 5.73 Å². The molecular formula is C64H59Cl2N9O17. The number of phenolic OH excluding ortho intramolecular Hbond substituents is 6. The minimum absolute atomic E-state index is 0.0779. The van der Waals surface area contributed by atoms with E-state index in [2.05, 4.69) is 37.2 Å². The van der Waals surface area contributed by atoms with Gasteiger partial charge in [-0.1, -0.05) is 47.5 Å². The van der Waals surface area contributed by atoms with Crippen LogP contribution in [-0.4, -0.2) is 121 Å². The highest BCUT2D eigenvalue weighted by molar-refractivity contribution is 6.32. The number of fused-ring (bicyclic) bond motifs is 14.